The zero-order valence-corrected chi connectivity index (χ0v) is 8.95. The normalized spacial score (nSPS) is 10.6. The molecule has 2 N–H and O–H groups in total. The topological polar surface area (TPSA) is 52.0 Å². The van der Waals surface area contributed by atoms with Crippen molar-refractivity contribution in [3.63, 3.8) is 0 Å². The maximum absolute atomic E-state index is 5.48. The molecule has 0 aliphatic carbocycles. The van der Waals surface area contributed by atoms with Gasteiger partial charge in [0.05, 0.1) is 6.54 Å². The van der Waals surface area contributed by atoms with E-state index in [1.54, 1.807) is 0 Å². The van der Waals surface area contributed by atoms with E-state index in [-0.39, 0.29) is 0 Å². The number of aromatic nitrogens is 1. The van der Waals surface area contributed by atoms with Gasteiger partial charge in [0.2, 0.25) is 5.89 Å². The first-order chi connectivity index (χ1) is 7.20. The minimum absolute atomic E-state index is 0.340. The molecule has 1 aromatic heterocycles. The van der Waals surface area contributed by atoms with E-state index in [1.807, 2.05) is 19.1 Å². The van der Waals surface area contributed by atoms with Crippen LogP contribution in [0.25, 0.3) is 11.3 Å². The molecule has 0 bridgehead atoms. The highest BCUT2D eigenvalue weighted by Gasteiger charge is 2.10. The molecule has 3 heteroatoms. The Morgan fingerprint density at radius 1 is 1.33 bits per heavy atom. The summed E-state index contributed by atoms with van der Waals surface area (Å²) in [6.45, 7) is 4.30. The highest BCUT2D eigenvalue weighted by molar-refractivity contribution is 5.61. The molecule has 3 nitrogen and oxygen atoms in total. The van der Waals surface area contributed by atoms with Gasteiger partial charge in [0.1, 0.15) is 11.5 Å². The molecule has 2 aromatic rings. The number of nitrogens with two attached hydrogens (primary N) is 1. The molecule has 0 spiro atoms. The second-order valence-corrected chi connectivity index (χ2v) is 3.59. The fourth-order valence-corrected chi connectivity index (χ4v) is 1.60. The number of oxazole rings is 1. The molecule has 0 atom stereocenters. The van der Waals surface area contributed by atoms with Gasteiger partial charge in [0.15, 0.2) is 0 Å². The summed E-state index contributed by atoms with van der Waals surface area (Å²) < 4.78 is 5.42. The molecule has 0 unspecified atom stereocenters. The quantitative estimate of drug-likeness (QED) is 0.813. The first kappa shape index (κ1) is 9.93. The van der Waals surface area contributed by atoms with Crippen molar-refractivity contribution >= 4 is 0 Å². The predicted octanol–water partition coefficient (Wildman–Crippen LogP) is 2.42. The van der Waals surface area contributed by atoms with E-state index in [1.165, 1.54) is 5.56 Å². The van der Waals surface area contributed by atoms with Crippen LogP contribution in [0.2, 0.25) is 0 Å². The molecule has 1 aromatic carbocycles. The van der Waals surface area contributed by atoms with Crippen molar-refractivity contribution in [3.8, 4) is 11.3 Å². The molecule has 0 aliphatic heterocycles. The van der Waals surface area contributed by atoms with Gasteiger partial charge in [-0.05, 0) is 19.9 Å². The number of rotatable bonds is 2. The van der Waals surface area contributed by atoms with E-state index < -0.39 is 0 Å². The van der Waals surface area contributed by atoms with E-state index in [9.17, 15) is 0 Å². The van der Waals surface area contributed by atoms with E-state index in [0.717, 1.165) is 17.0 Å². The Labute approximate surface area is 88.9 Å². The van der Waals surface area contributed by atoms with Crippen molar-refractivity contribution in [2.75, 3.05) is 0 Å². The van der Waals surface area contributed by atoms with Crippen LogP contribution in [0.5, 0.6) is 0 Å². The second kappa shape index (κ2) is 3.87. The molecule has 2 rings (SSSR count). The molecule has 0 saturated heterocycles. The summed E-state index contributed by atoms with van der Waals surface area (Å²) in [5.41, 5.74) is 8.66. The van der Waals surface area contributed by atoms with Gasteiger partial charge in [0.25, 0.3) is 0 Å². The Kier molecular flexibility index (Phi) is 2.56. The van der Waals surface area contributed by atoms with Gasteiger partial charge in [-0.25, -0.2) is 4.98 Å². The smallest absolute Gasteiger partial charge is 0.208 e. The number of benzene rings is 1. The summed E-state index contributed by atoms with van der Waals surface area (Å²) in [7, 11) is 0. The average molecular weight is 202 g/mol. The third-order valence-electron chi connectivity index (χ3n) is 2.31. The lowest BCUT2D eigenvalue weighted by Crippen LogP contribution is -1.95. The fraction of sp³-hybridized carbons (Fsp3) is 0.250. The van der Waals surface area contributed by atoms with E-state index in [0.29, 0.717) is 12.4 Å². The van der Waals surface area contributed by atoms with Gasteiger partial charge >= 0.3 is 0 Å². The van der Waals surface area contributed by atoms with Crippen LogP contribution in [0.4, 0.5) is 0 Å². The third kappa shape index (κ3) is 1.92. The Hall–Kier alpha value is -1.61. The van der Waals surface area contributed by atoms with Gasteiger partial charge < -0.3 is 10.2 Å². The van der Waals surface area contributed by atoms with E-state index in [2.05, 4.69) is 24.0 Å². The highest BCUT2D eigenvalue weighted by atomic mass is 16.4. The molecule has 78 valence electrons. The summed E-state index contributed by atoms with van der Waals surface area (Å²) >= 11 is 0. The maximum atomic E-state index is 5.48. The standard InChI is InChI=1S/C12H14N2O/c1-8-4-3-5-10(6-8)12-9(2)15-11(7-13)14-12/h3-6H,7,13H2,1-2H3. The lowest BCUT2D eigenvalue weighted by Gasteiger charge is -1.98. The fourth-order valence-electron chi connectivity index (χ4n) is 1.60. The first-order valence-electron chi connectivity index (χ1n) is 4.94. The van der Waals surface area contributed by atoms with Crippen LogP contribution in [0.1, 0.15) is 17.2 Å². The van der Waals surface area contributed by atoms with Crippen LogP contribution in [0.15, 0.2) is 28.7 Å². The zero-order chi connectivity index (χ0) is 10.8. The SMILES string of the molecule is Cc1cccc(-c2nc(CN)oc2C)c1. The zero-order valence-electron chi connectivity index (χ0n) is 8.95. The van der Waals surface area contributed by atoms with Gasteiger partial charge in [-0.3, -0.25) is 0 Å². The second-order valence-electron chi connectivity index (χ2n) is 3.59. The molecule has 0 amide bonds. The average Bonchev–Trinajstić information content (AvgIpc) is 2.60. The van der Waals surface area contributed by atoms with Gasteiger partial charge in [0, 0.05) is 5.56 Å². The van der Waals surface area contributed by atoms with Crippen molar-refractivity contribution in [2.45, 2.75) is 20.4 Å². The molecule has 0 saturated carbocycles. The van der Waals surface area contributed by atoms with Crippen LogP contribution in [0, 0.1) is 13.8 Å². The Morgan fingerprint density at radius 3 is 2.73 bits per heavy atom. The van der Waals surface area contributed by atoms with Crippen molar-refractivity contribution in [1.29, 1.82) is 0 Å². The molecule has 0 radical (unpaired) electrons. The molecule has 0 fully saturated rings. The Balaban J connectivity index is 2.48. The van der Waals surface area contributed by atoms with Gasteiger partial charge in [-0.2, -0.15) is 0 Å². The summed E-state index contributed by atoms with van der Waals surface area (Å²) in [6, 6.07) is 8.19. The van der Waals surface area contributed by atoms with Crippen LogP contribution in [0.3, 0.4) is 0 Å². The van der Waals surface area contributed by atoms with Crippen LogP contribution in [-0.2, 0) is 6.54 Å². The Morgan fingerprint density at radius 2 is 2.13 bits per heavy atom. The summed E-state index contributed by atoms with van der Waals surface area (Å²) in [4.78, 5) is 4.35. The monoisotopic (exact) mass is 202 g/mol. The minimum Gasteiger partial charge on any atom is -0.444 e. The molecule has 1 heterocycles. The summed E-state index contributed by atoms with van der Waals surface area (Å²) in [6.07, 6.45) is 0. The minimum atomic E-state index is 0.340. The van der Waals surface area contributed by atoms with Crippen molar-refractivity contribution in [2.24, 2.45) is 5.73 Å². The van der Waals surface area contributed by atoms with E-state index in [4.69, 9.17) is 10.2 Å². The molecule has 0 aliphatic rings. The number of hydrogen-bond acceptors (Lipinski definition) is 3. The van der Waals surface area contributed by atoms with Crippen molar-refractivity contribution < 1.29 is 4.42 Å². The van der Waals surface area contributed by atoms with Crippen LogP contribution in [-0.4, -0.2) is 4.98 Å². The first-order valence-corrected chi connectivity index (χ1v) is 4.94. The third-order valence-corrected chi connectivity index (χ3v) is 2.31. The molecular formula is C12H14N2O. The molecular weight excluding hydrogens is 188 g/mol. The number of aryl methyl sites for hydroxylation is 2. The van der Waals surface area contributed by atoms with Crippen LogP contribution < -0.4 is 5.73 Å². The maximum Gasteiger partial charge on any atom is 0.208 e. The summed E-state index contributed by atoms with van der Waals surface area (Å²) in [5.74, 6) is 1.41. The number of nitrogens with zero attached hydrogens (tertiary/aromatic N) is 1. The predicted molar refractivity (Wildman–Crippen MR) is 59.3 cm³/mol. The Bertz CT molecular complexity index is 474. The lowest BCUT2D eigenvalue weighted by molar-refractivity contribution is 0.474. The summed E-state index contributed by atoms with van der Waals surface area (Å²) in [5, 5.41) is 0. The van der Waals surface area contributed by atoms with E-state index >= 15 is 0 Å². The highest BCUT2D eigenvalue weighted by Crippen LogP contribution is 2.23. The van der Waals surface area contributed by atoms with Gasteiger partial charge in [-0.1, -0.05) is 23.8 Å². The van der Waals surface area contributed by atoms with Gasteiger partial charge in [-0.15, -0.1) is 0 Å². The van der Waals surface area contributed by atoms with Crippen LogP contribution >= 0.6 is 0 Å². The van der Waals surface area contributed by atoms with Crippen molar-refractivity contribution in [3.05, 3.63) is 41.5 Å². The molecule has 15 heavy (non-hydrogen) atoms. The largest absolute Gasteiger partial charge is 0.444 e. The number of hydrogen-bond donors (Lipinski definition) is 1. The lowest BCUT2D eigenvalue weighted by atomic mass is 10.1. The van der Waals surface area contributed by atoms with Crippen molar-refractivity contribution in [1.82, 2.24) is 4.98 Å².